The van der Waals surface area contributed by atoms with Crippen molar-refractivity contribution < 1.29 is 9.66 Å². The monoisotopic (exact) mass is 297 g/mol. The van der Waals surface area contributed by atoms with Crippen LogP contribution in [0.3, 0.4) is 0 Å². The van der Waals surface area contributed by atoms with Crippen LogP contribution in [0.25, 0.3) is 0 Å². The number of aromatic nitrogens is 2. The molecule has 0 saturated carbocycles. The van der Waals surface area contributed by atoms with Gasteiger partial charge in [0.05, 0.1) is 11.5 Å². The number of aryl methyl sites for hydroxylation is 1. The molecule has 0 fully saturated rings. The van der Waals surface area contributed by atoms with Crippen molar-refractivity contribution in [2.75, 3.05) is 43.6 Å². The minimum Gasteiger partial charge on any atom is -0.383 e. The minimum absolute atomic E-state index is 0.0463. The van der Waals surface area contributed by atoms with Crippen LogP contribution in [0.15, 0.2) is 0 Å². The number of nitrogens with zero attached hydrogens (tertiary/aromatic N) is 4. The molecule has 0 aliphatic carbocycles. The molecule has 0 unspecified atom stereocenters. The maximum Gasteiger partial charge on any atom is 0.332 e. The summed E-state index contributed by atoms with van der Waals surface area (Å²) in [4.78, 5) is 21.2. The molecule has 0 radical (unpaired) electrons. The summed E-state index contributed by atoms with van der Waals surface area (Å²) in [7, 11) is 1.60. The molecule has 8 nitrogen and oxygen atoms in total. The van der Waals surface area contributed by atoms with Gasteiger partial charge in [0.1, 0.15) is 5.69 Å². The SMILES string of the molecule is CCCNc1nc(C)c([N+](=O)[O-])c(N(CC)CCOC)n1. The Kier molecular flexibility index (Phi) is 6.80. The normalized spacial score (nSPS) is 10.5. The number of likely N-dealkylation sites (N-methyl/N-ethyl adjacent to an activating group) is 1. The lowest BCUT2D eigenvalue weighted by Gasteiger charge is -2.22. The summed E-state index contributed by atoms with van der Waals surface area (Å²) in [6.07, 6.45) is 0.926. The number of nitrogens with one attached hydrogen (secondary N) is 1. The first-order valence-corrected chi connectivity index (χ1v) is 7.05. The van der Waals surface area contributed by atoms with E-state index in [9.17, 15) is 10.1 Å². The molecule has 1 heterocycles. The number of nitro groups is 1. The van der Waals surface area contributed by atoms with Crippen molar-refractivity contribution >= 4 is 17.5 Å². The number of hydrogen-bond acceptors (Lipinski definition) is 7. The van der Waals surface area contributed by atoms with Crippen LogP contribution in [0.2, 0.25) is 0 Å². The van der Waals surface area contributed by atoms with Gasteiger partial charge in [-0.1, -0.05) is 6.92 Å². The second-order valence-corrected chi connectivity index (χ2v) is 4.56. The van der Waals surface area contributed by atoms with Crippen LogP contribution in [0.5, 0.6) is 0 Å². The number of hydrogen-bond donors (Lipinski definition) is 1. The van der Waals surface area contributed by atoms with Crippen LogP contribution in [-0.4, -0.2) is 48.2 Å². The molecule has 21 heavy (non-hydrogen) atoms. The number of rotatable bonds is 9. The van der Waals surface area contributed by atoms with E-state index in [0.717, 1.165) is 13.0 Å². The lowest BCUT2D eigenvalue weighted by Crippen LogP contribution is -2.29. The summed E-state index contributed by atoms with van der Waals surface area (Å²) in [6, 6.07) is 0. The highest BCUT2D eigenvalue weighted by Crippen LogP contribution is 2.29. The standard InChI is InChI=1S/C13H23N5O3/c1-5-7-14-13-15-10(3)11(18(19)20)12(16-13)17(6-2)8-9-21-4/h5-9H2,1-4H3,(H,14,15,16). The molecule has 1 N–H and O–H groups in total. The van der Waals surface area contributed by atoms with Crippen molar-refractivity contribution in [2.45, 2.75) is 27.2 Å². The van der Waals surface area contributed by atoms with Gasteiger partial charge in [-0.25, -0.2) is 4.98 Å². The Labute approximate surface area is 124 Å². The summed E-state index contributed by atoms with van der Waals surface area (Å²) in [5.41, 5.74) is 0.314. The van der Waals surface area contributed by atoms with Gasteiger partial charge in [-0.15, -0.1) is 0 Å². The Bertz CT molecular complexity index is 481. The highest BCUT2D eigenvalue weighted by atomic mass is 16.6. The molecule has 1 rings (SSSR count). The van der Waals surface area contributed by atoms with E-state index in [4.69, 9.17) is 4.74 Å². The summed E-state index contributed by atoms with van der Waals surface area (Å²) in [5, 5.41) is 14.4. The predicted molar refractivity (Wildman–Crippen MR) is 82.0 cm³/mol. The zero-order chi connectivity index (χ0) is 15.8. The summed E-state index contributed by atoms with van der Waals surface area (Å²) >= 11 is 0. The molecular weight excluding hydrogens is 274 g/mol. The molecule has 1 aromatic heterocycles. The van der Waals surface area contributed by atoms with Crippen LogP contribution in [0.4, 0.5) is 17.5 Å². The Morgan fingerprint density at radius 1 is 1.38 bits per heavy atom. The quantitative estimate of drug-likeness (QED) is 0.550. The average Bonchev–Trinajstić information content (AvgIpc) is 2.45. The fourth-order valence-electron chi connectivity index (χ4n) is 1.92. The number of ether oxygens (including phenoxy) is 1. The number of anilines is 2. The lowest BCUT2D eigenvalue weighted by molar-refractivity contribution is -0.385. The third kappa shape index (κ3) is 4.52. The highest BCUT2D eigenvalue weighted by Gasteiger charge is 2.25. The Morgan fingerprint density at radius 3 is 2.62 bits per heavy atom. The largest absolute Gasteiger partial charge is 0.383 e. The summed E-state index contributed by atoms with van der Waals surface area (Å²) in [6.45, 7) is 7.93. The van der Waals surface area contributed by atoms with Gasteiger partial charge in [0, 0.05) is 26.7 Å². The predicted octanol–water partition coefficient (Wildman–Crippen LogP) is 1.99. The van der Waals surface area contributed by atoms with Gasteiger partial charge in [0.2, 0.25) is 11.8 Å². The maximum atomic E-state index is 11.3. The average molecular weight is 297 g/mol. The first kappa shape index (κ1) is 17.1. The minimum atomic E-state index is -0.427. The molecule has 0 saturated heterocycles. The third-order valence-corrected chi connectivity index (χ3v) is 3.00. The molecule has 0 aliphatic rings. The molecule has 118 valence electrons. The molecular formula is C13H23N5O3. The van der Waals surface area contributed by atoms with E-state index in [2.05, 4.69) is 15.3 Å². The van der Waals surface area contributed by atoms with Crippen LogP contribution in [0.1, 0.15) is 26.0 Å². The zero-order valence-electron chi connectivity index (χ0n) is 13.0. The Balaban J connectivity index is 3.21. The van der Waals surface area contributed by atoms with E-state index in [1.807, 2.05) is 18.7 Å². The van der Waals surface area contributed by atoms with Crippen molar-refractivity contribution in [2.24, 2.45) is 0 Å². The summed E-state index contributed by atoms with van der Waals surface area (Å²) < 4.78 is 5.05. The zero-order valence-corrected chi connectivity index (χ0v) is 13.0. The van der Waals surface area contributed by atoms with Gasteiger partial charge >= 0.3 is 5.69 Å². The fourth-order valence-corrected chi connectivity index (χ4v) is 1.92. The third-order valence-electron chi connectivity index (χ3n) is 3.00. The first-order valence-electron chi connectivity index (χ1n) is 7.05. The first-order chi connectivity index (χ1) is 10.0. The van der Waals surface area contributed by atoms with Crippen molar-refractivity contribution in [1.82, 2.24) is 9.97 Å². The van der Waals surface area contributed by atoms with E-state index in [-0.39, 0.29) is 5.69 Å². The molecule has 0 amide bonds. The van der Waals surface area contributed by atoms with Gasteiger partial charge < -0.3 is 15.0 Å². The van der Waals surface area contributed by atoms with Gasteiger partial charge in [-0.05, 0) is 20.3 Å². The molecule has 0 spiro atoms. The maximum absolute atomic E-state index is 11.3. The van der Waals surface area contributed by atoms with E-state index in [0.29, 0.717) is 37.2 Å². The van der Waals surface area contributed by atoms with E-state index in [1.165, 1.54) is 0 Å². The van der Waals surface area contributed by atoms with Crippen LogP contribution >= 0.6 is 0 Å². The van der Waals surface area contributed by atoms with Crippen molar-refractivity contribution in [3.8, 4) is 0 Å². The van der Waals surface area contributed by atoms with Crippen LogP contribution in [0, 0.1) is 17.0 Å². The molecule has 0 aromatic carbocycles. The molecule has 0 aliphatic heterocycles. The van der Waals surface area contributed by atoms with Gasteiger partial charge in [0.25, 0.3) is 0 Å². The van der Waals surface area contributed by atoms with Crippen molar-refractivity contribution in [1.29, 1.82) is 0 Å². The molecule has 1 aromatic rings. The fraction of sp³-hybridized carbons (Fsp3) is 0.692. The highest BCUT2D eigenvalue weighted by molar-refractivity contribution is 5.62. The van der Waals surface area contributed by atoms with Crippen molar-refractivity contribution in [3.63, 3.8) is 0 Å². The van der Waals surface area contributed by atoms with Crippen LogP contribution in [-0.2, 0) is 4.74 Å². The smallest absolute Gasteiger partial charge is 0.332 e. The van der Waals surface area contributed by atoms with E-state index in [1.54, 1.807) is 14.0 Å². The second-order valence-electron chi connectivity index (χ2n) is 4.56. The topological polar surface area (TPSA) is 93.4 Å². The van der Waals surface area contributed by atoms with Crippen molar-refractivity contribution in [3.05, 3.63) is 15.8 Å². The Morgan fingerprint density at radius 2 is 2.10 bits per heavy atom. The van der Waals surface area contributed by atoms with E-state index < -0.39 is 4.92 Å². The molecule has 8 heteroatoms. The van der Waals surface area contributed by atoms with Crippen LogP contribution < -0.4 is 10.2 Å². The van der Waals surface area contributed by atoms with Gasteiger partial charge in [0.15, 0.2) is 0 Å². The van der Waals surface area contributed by atoms with Gasteiger partial charge in [-0.3, -0.25) is 10.1 Å². The molecule has 0 atom stereocenters. The Hall–Kier alpha value is -1.96. The summed E-state index contributed by atoms with van der Waals surface area (Å²) in [5.74, 6) is 0.761. The lowest BCUT2D eigenvalue weighted by atomic mass is 10.3. The molecule has 0 bridgehead atoms. The van der Waals surface area contributed by atoms with Gasteiger partial charge in [-0.2, -0.15) is 4.98 Å². The number of methoxy groups -OCH3 is 1. The van der Waals surface area contributed by atoms with E-state index >= 15 is 0 Å². The second kappa shape index (κ2) is 8.35.